The van der Waals surface area contributed by atoms with Crippen LogP contribution >= 0.6 is 0 Å². The maximum absolute atomic E-state index is 12.6. The van der Waals surface area contributed by atoms with Crippen LogP contribution in [0.1, 0.15) is 37.0 Å². The van der Waals surface area contributed by atoms with Crippen molar-refractivity contribution < 1.29 is 9.59 Å². The maximum Gasteiger partial charge on any atom is 0.322 e. The van der Waals surface area contributed by atoms with Gasteiger partial charge in [0, 0.05) is 37.8 Å². The van der Waals surface area contributed by atoms with Gasteiger partial charge in [-0.2, -0.15) is 0 Å². The van der Waals surface area contributed by atoms with Crippen molar-refractivity contribution in [2.45, 2.75) is 33.4 Å². The van der Waals surface area contributed by atoms with Crippen LogP contribution in [0.3, 0.4) is 0 Å². The fourth-order valence-corrected chi connectivity index (χ4v) is 3.94. The van der Waals surface area contributed by atoms with Crippen LogP contribution in [0.2, 0.25) is 0 Å². The van der Waals surface area contributed by atoms with Gasteiger partial charge in [0.2, 0.25) is 5.91 Å². The summed E-state index contributed by atoms with van der Waals surface area (Å²) in [5.41, 5.74) is 5.63. The molecule has 2 heterocycles. The Hall–Kier alpha value is -3.08. The Labute approximate surface area is 172 Å². The third-order valence-corrected chi connectivity index (χ3v) is 5.65. The summed E-state index contributed by atoms with van der Waals surface area (Å²) in [6.07, 6.45) is 3.00. The highest BCUT2D eigenvalue weighted by atomic mass is 16.2. The number of hydrogen-bond donors (Lipinski definition) is 1. The Kier molecular flexibility index (Phi) is 5.38. The molecule has 0 unspecified atom stereocenters. The molecule has 0 bridgehead atoms. The van der Waals surface area contributed by atoms with Crippen molar-refractivity contribution in [3.8, 4) is 0 Å². The Bertz CT molecular complexity index is 922. The number of anilines is 1. The molecule has 4 rings (SSSR count). The first kappa shape index (κ1) is 19.2. The van der Waals surface area contributed by atoms with Crippen molar-refractivity contribution in [3.05, 3.63) is 71.3 Å². The minimum atomic E-state index is -0.0753. The van der Waals surface area contributed by atoms with Crippen LogP contribution in [0.4, 0.5) is 10.5 Å². The molecule has 0 fully saturated rings. The van der Waals surface area contributed by atoms with E-state index < -0.39 is 0 Å². The molecule has 0 saturated carbocycles. The number of nitrogens with zero attached hydrogens (tertiary/aromatic N) is 2. The monoisotopic (exact) mass is 389 g/mol. The van der Waals surface area contributed by atoms with Gasteiger partial charge in [0.05, 0.1) is 0 Å². The van der Waals surface area contributed by atoms with Gasteiger partial charge >= 0.3 is 6.03 Å². The number of nitrogens with one attached hydrogen (secondary N) is 1. The van der Waals surface area contributed by atoms with E-state index in [1.807, 2.05) is 60.0 Å². The van der Waals surface area contributed by atoms with Gasteiger partial charge in [-0.1, -0.05) is 56.3 Å². The van der Waals surface area contributed by atoms with E-state index in [1.54, 1.807) is 0 Å². The highest BCUT2D eigenvalue weighted by molar-refractivity contribution is 5.90. The number of amides is 3. The van der Waals surface area contributed by atoms with E-state index >= 15 is 0 Å². The molecule has 29 heavy (non-hydrogen) atoms. The van der Waals surface area contributed by atoms with Gasteiger partial charge in [-0.3, -0.25) is 4.79 Å². The highest BCUT2D eigenvalue weighted by Crippen LogP contribution is 2.26. The smallest absolute Gasteiger partial charge is 0.322 e. The molecule has 2 aliphatic heterocycles. The molecular formula is C24H27N3O2. The first-order valence-corrected chi connectivity index (χ1v) is 10.2. The van der Waals surface area contributed by atoms with Crippen molar-refractivity contribution in [3.63, 3.8) is 0 Å². The molecule has 2 aromatic rings. The number of rotatable bonds is 3. The van der Waals surface area contributed by atoms with Crippen LogP contribution in [-0.2, 0) is 17.9 Å². The second-order valence-electron chi connectivity index (χ2n) is 8.05. The summed E-state index contributed by atoms with van der Waals surface area (Å²) in [7, 11) is 0. The molecule has 0 aliphatic carbocycles. The average molecular weight is 389 g/mol. The normalized spacial score (nSPS) is 15.9. The zero-order chi connectivity index (χ0) is 20.4. The first-order valence-electron chi connectivity index (χ1n) is 10.2. The lowest BCUT2D eigenvalue weighted by Gasteiger charge is -2.28. The Morgan fingerprint density at radius 3 is 2.14 bits per heavy atom. The minimum absolute atomic E-state index is 0.0382. The maximum atomic E-state index is 12.6. The van der Waals surface area contributed by atoms with Gasteiger partial charge in [0.25, 0.3) is 0 Å². The van der Waals surface area contributed by atoms with Crippen LogP contribution < -0.4 is 5.32 Å². The van der Waals surface area contributed by atoms with Gasteiger partial charge in [-0.15, -0.1) is 0 Å². The molecule has 2 aromatic carbocycles. The second-order valence-corrected chi connectivity index (χ2v) is 8.05. The van der Waals surface area contributed by atoms with Crippen molar-refractivity contribution in [1.29, 1.82) is 0 Å². The summed E-state index contributed by atoms with van der Waals surface area (Å²) in [6.45, 7) is 6.61. The molecule has 1 N–H and O–H groups in total. The van der Waals surface area contributed by atoms with Crippen molar-refractivity contribution in [1.82, 2.24) is 9.80 Å². The number of urea groups is 1. The van der Waals surface area contributed by atoms with Crippen LogP contribution in [0.25, 0.3) is 5.57 Å². The summed E-state index contributed by atoms with van der Waals surface area (Å²) >= 11 is 0. The predicted molar refractivity (Wildman–Crippen MR) is 115 cm³/mol. The van der Waals surface area contributed by atoms with E-state index in [0.29, 0.717) is 19.6 Å². The highest BCUT2D eigenvalue weighted by Gasteiger charge is 2.23. The van der Waals surface area contributed by atoms with Gasteiger partial charge in [-0.05, 0) is 40.8 Å². The summed E-state index contributed by atoms with van der Waals surface area (Å²) in [5.74, 6) is 0.249. The third-order valence-electron chi connectivity index (χ3n) is 5.65. The van der Waals surface area contributed by atoms with Gasteiger partial charge in [-0.25, -0.2) is 4.79 Å². The number of fused-ring (bicyclic) bond motifs is 1. The van der Waals surface area contributed by atoms with Crippen LogP contribution in [0.15, 0.2) is 54.6 Å². The largest absolute Gasteiger partial charge is 0.338 e. The van der Waals surface area contributed by atoms with E-state index in [-0.39, 0.29) is 17.9 Å². The van der Waals surface area contributed by atoms with Crippen molar-refractivity contribution in [2.75, 3.05) is 18.4 Å². The average Bonchev–Trinajstić information content (AvgIpc) is 3.18. The number of hydrogen-bond acceptors (Lipinski definition) is 2. The van der Waals surface area contributed by atoms with Crippen molar-refractivity contribution in [2.24, 2.45) is 5.92 Å². The number of carbonyl (C=O) groups excluding carboxylic acids is 2. The fraction of sp³-hybridized carbons (Fsp3) is 0.333. The SMILES string of the molecule is CC(C)C(=O)N1CC=C(c2ccc(NC(=O)N3Cc4ccccc4C3)cc2)CC1. The summed E-state index contributed by atoms with van der Waals surface area (Å²) in [6, 6.07) is 16.1. The second kappa shape index (κ2) is 8.11. The quantitative estimate of drug-likeness (QED) is 0.840. The molecule has 150 valence electrons. The fourth-order valence-electron chi connectivity index (χ4n) is 3.94. The lowest BCUT2D eigenvalue weighted by atomic mass is 9.98. The van der Waals surface area contributed by atoms with E-state index in [1.165, 1.54) is 16.7 Å². The Balaban J connectivity index is 1.35. The van der Waals surface area contributed by atoms with Gasteiger partial charge < -0.3 is 15.1 Å². The van der Waals surface area contributed by atoms with E-state index in [9.17, 15) is 9.59 Å². The molecule has 5 heteroatoms. The molecule has 0 spiro atoms. The van der Waals surface area contributed by atoms with E-state index in [0.717, 1.165) is 24.2 Å². The van der Waals surface area contributed by atoms with Crippen LogP contribution in [0, 0.1) is 5.92 Å². The molecule has 0 saturated heterocycles. The minimum Gasteiger partial charge on any atom is -0.338 e. The Morgan fingerprint density at radius 1 is 0.931 bits per heavy atom. The summed E-state index contributed by atoms with van der Waals surface area (Å²) < 4.78 is 0. The van der Waals surface area contributed by atoms with E-state index in [2.05, 4.69) is 23.5 Å². The van der Waals surface area contributed by atoms with Crippen LogP contribution in [-0.4, -0.2) is 34.8 Å². The zero-order valence-electron chi connectivity index (χ0n) is 17.0. The molecule has 0 atom stereocenters. The molecule has 0 aromatic heterocycles. The summed E-state index contributed by atoms with van der Waals surface area (Å²) in [4.78, 5) is 28.4. The standard InChI is InChI=1S/C24H27N3O2/c1-17(2)23(28)26-13-11-19(12-14-26)18-7-9-22(10-8-18)25-24(29)27-15-20-5-3-4-6-21(20)16-27/h3-11,17H,12-16H2,1-2H3,(H,25,29). The predicted octanol–water partition coefficient (Wildman–Crippen LogP) is 4.51. The van der Waals surface area contributed by atoms with Gasteiger partial charge in [0.1, 0.15) is 0 Å². The number of benzene rings is 2. The molecular weight excluding hydrogens is 362 g/mol. The first-order chi connectivity index (χ1) is 14.0. The molecule has 2 aliphatic rings. The van der Waals surface area contributed by atoms with Crippen LogP contribution in [0.5, 0.6) is 0 Å². The summed E-state index contributed by atoms with van der Waals surface area (Å²) in [5, 5.41) is 3.00. The lowest BCUT2D eigenvalue weighted by molar-refractivity contribution is -0.134. The Morgan fingerprint density at radius 2 is 1.59 bits per heavy atom. The topological polar surface area (TPSA) is 52.7 Å². The van der Waals surface area contributed by atoms with E-state index in [4.69, 9.17) is 0 Å². The third kappa shape index (κ3) is 4.19. The molecule has 0 radical (unpaired) electrons. The van der Waals surface area contributed by atoms with Gasteiger partial charge in [0.15, 0.2) is 0 Å². The van der Waals surface area contributed by atoms with Crippen molar-refractivity contribution >= 4 is 23.2 Å². The number of carbonyl (C=O) groups is 2. The zero-order valence-corrected chi connectivity index (χ0v) is 17.0. The molecule has 3 amide bonds. The molecule has 5 nitrogen and oxygen atoms in total. The lowest BCUT2D eigenvalue weighted by Crippen LogP contribution is -2.37.